The van der Waals surface area contributed by atoms with Crippen molar-refractivity contribution in [3.63, 3.8) is 0 Å². The first-order valence-electron chi connectivity index (χ1n) is 6.73. The van der Waals surface area contributed by atoms with E-state index >= 15 is 0 Å². The summed E-state index contributed by atoms with van der Waals surface area (Å²) in [5, 5.41) is 2.90. The Hall–Kier alpha value is -1.55. The van der Waals surface area contributed by atoms with E-state index in [1.165, 1.54) is 0 Å². The third-order valence-corrected chi connectivity index (χ3v) is 2.70. The average Bonchev–Trinajstić information content (AvgIpc) is 2.41. The van der Waals surface area contributed by atoms with Gasteiger partial charge in [-0.1, -0.05) is 12.1 Å². The van der Waals surface area contributed by atoms with E-state index in [9.17, 15) is 4.79 Å². The van der Waals surface area contributed by atoms with Gasteiger partial charge in [-0.2, -0.15) is 0 Å². The zero-order valence-electron chi connectivity index (χ0n) is 11.8. The zero-order chi connectivity index (χ0) is 13.9. The third kappa shape index (κ3) is 6.82. The minimum atomic E-state index is 0.0570. The van der Waals surface area contributed by atoms with Gasteiger partial charge >= 0.3 is 0 Å². The molecule has 0 saturated heterocycles. The van der Waals surface area contributed by atoms with E-state index < -0.39 is 0 Å². The number of carbonyl (C=O) groups is 1. The fourth-order valence-corrected chi connectivity index (χ4v) is 1.72. The highest BCUT2D eigenvalue weighted by Crippen LogP contribution is 2.12. The lowest BCUT2D eigenvalue weighted by molar-refractivity contribution is -0.120. The highest BCUT2D eigenvalue weighted by Gasteiger charge is 2.03. The topological polar surface area (TPSA) is 47.6 Å². The summed E-state index contributed by atoms with van der Waals surface area (Å²) in [4.78, 5) is 11.7. The maximum absolute atomic E-state index is 11.7. The maximum atomic E-state index is 11.7. The lowest BCUT2D eigenvalue weighted by Crippen LogP contribution is -2.26. The van der Waals surface area contributed by atoms with Gasteiger partial charge in [-0.25, -0.2) is 0 Å². The second-order valence-corrected chi connectivity index (χ2v) is 4.30. The van der Waals surface area contributed by atoms with E-state index in [0.717, 1.165) is 30.8 Å². The van der Waals surface area contributed by atoms with Crippen LogP contribution in [0.2, 0.25) is 0 Å². The van der Waals surface area contributed by atoms with Crippen molar-refractivity contribution in [2.24, 2.45) is 0 Å². The van der Waals surface area contributed by atoms with Gasteiger partial charge in [0, 0.05) is 20.3 Å². The monoisotopic (exact) mass is 265 g/mol. The summed E-state index contributed by atoms with van der Waals surface area (Å²) < 4.78 is 10.3. The summed E-state index contributed by atoms with van der Waals surface area (Å²) in [5.74, 6) is 0.896. The molecule has 0 fully saturated rings. The van der Waals surface area contributed by atoms with E-state index in [2.05, 4.69) is 5.32 Å². The second-order valence-electron chi connectivity index (χ2n) is 4.30. The Bertz CT molecular complexity index is 362. The van der Waals surface area contributed by atoms with Crippen LogP contribution in [-0.4, -0.2) is 32.8 Å². The van der Waals surface area contributed by atoms with Crippen LogP contribution in [0.15, 0.2) is 24.3 Å². The Labute approximate surface area is 115 Å². The summed E-state index contributed by atoms with van der Waals surface area (Å²) in [5.41, 5.74) is 0.998. The Kier molecular flexibility index (Phi) is 7.66. The van der Waals surface area contributed by atoms with Gasteiger partial charge in [-0.15, -0.1) is 0 Å². The van der Waals surface area contributed by atoms with Crippen molar-refractivity contribution in [1.82, 2.24) is 5.32 Å². The Morgan fingerprint density at radius 3 is 2.58 bits per heavy atom. The molecule has 0 aliphatic heterocycles. The summed E-state index contributed by atoms with van der Waals surface area (Å²) in [6.45, 7) is 4.06. The van der Waals surface area contributed by atoms with Gasteiger partial charge in [-0.05, 0) is 37.5 Å². The number of rotatable bonds is 9. The molecular weight excluding hydrogens is 242 g/mol. The van der Waals surface area contributed by atoms with Crippen LogP contribution in [0.3, 0.4) is 0 Å². The summed E-state index contributed by atoms with van der Waals surface area (Å²) >= 11 is 0. The molecule has 0 radical (unpaired) electrons. The molecule has 106 valence electrons. The highest BCUT2D eigenvalue weighted by atomic mass is 16.5. The Balaban J connectivity index is 2.24. The number of ether oxygens (including phenoxy) is 2. The predicted molar refractivity (Wildman–Crippen MR) is 75.4 cm³/mol. The molecule has 0 aromatic heterocycles. The molecular formula is C15H23NO3. The van der Waals surface area contributed by atoms with Crippen LogP contribution in [0, 0.1) is 0 Å². The van der Waals surface area contributed by atoms with E-state index in [0.29, 0.717) is 19.6 Å². The predicted octanol–water partition coefficient (Wildman–Crippen LogP) is 2.17. The standard InChI is InChI=1S/C15H23NO3/c1-3-19-14-8-6-13(7-9-14)12-15(17)16-10-4-5-11-18-2/h6-9H,3-5,10-12H2,1-2H3,(H,16,17). The molecule has 4 heteroatoms. The van der Waals surface area contributed by atoms with Crippen LogP contribution >= 0.6 is 0 Å². The first-order valence-corrected chi connectivity index (χ1v) is 6.73. The lowest BCUT2D eigenvalue weighted by Gasteiger charge is -2.06. The Morgan fingerprint density at radius 1 is 1.21 bits per heavy atom. The van der Waals surface area contributed by atoms with E-state index in [-0.39, 0.29) is 5.91 Å². The number of nitrogens with one attached hydrogen (secondary N) is 1. The van der Waals surface area contributed by atoms with Crippen molar-refractivity contribution in [2.45, 2.75) is 26.2 Å². The summed E-state index contributed by atoms with van der Waals surface area (Å²) in [7, 11) is 1.69. The van der Waals surface area contributed by atoms with Crippen LogP contribution < -0.4 is 10.1 Å². The number of unbranched alkanes of at least 4 members (excludes halogenated alkanes) is 1. The molecule has 19 heavy (non-hydrogen) atoms. The number of methoxy groups -OCH3 is 1. The summed E-state index contributed by atoms with van der Waals surface area (Å²) in [6, 6.07) is 7.64. The van der Waals surface area contributed by atoms with Crippen molar-refractivity contribution in [2.75, 3.05) is 26.9 Å². The number of carbonyl (C=O) groups excluding carboxylic acids is 1. The molecule has 0 atom stereocenters. The van der Waals surface area contributed by atoms with E-state index in [1.54, 1.807) is 7.11 Å². The molecule has 0 aliphatic rings. The second kappa shape index (κ2) is 9.39. The molecule has 0 saturated carbocycles. The number of hydrogen-bond donors (Lipinski definition) is 1. The molecule has 4 nitrogen and oxygen atoms in total. The number of amides is 1. The van der Waals surface area contributed by atoms with Gasteiger partial charge < -0.3 is 14.8 Å². The van der Waals surface area contributed by atoms with Crippen LogP contribution in [0.4, 0.5) is 0 Å². The van der Waals surface area contributed by atoms with E-state index in [4.69, 9.17) is 9.47 Å². The molecule has 0 aliphatic carbocycles. The molecule has 0 heterocycles. The van der Waals surface area contributed by atoms with Gasteiger partial charge in [0.1, 0.15) is 5.75 Å². The van der Waals surface area contributed by atoms with Crippen molar-refractivity contribution >= 4 is 5.91 Å². The minimum absolute atomic E-state index is 0.0570. The molecule has 1 aromatic rings. The first-order chi connectivity index (χ1) is 9.26. The van der Waals surface area contributed by atoms with Crippen molar-refractivity contribution < 1.29 is 14.3 Å². The molecule has 1 amide bonds. The summed E-state index contributed by atoms with van der Waals surface area (Å²) in [6.07, 6.45) is 2.33. The molecule has 0 unspecified atom stereocenters. The lowest BCUT2D eigenvalue weighted by atomic mass is 10.1. The fraction of sp³-hybridized carbons (Fsp3) is 0.533. The van der Waals surface area contributed by atoms with E-state index in [1.807, 2.05) is 31.2 Å². The third-order valence-electron chi connectivity index (χ3n) is 2.70. The molecule has 1 N–H and O–H groups in total. The Morgan fingerprint density at radius 2 is 1.95 bits per heavy atom. The van der Waals surface area contributed by atoms with Crippen molar-refractivity contribution in [1.29, 1.82) is 0 Å². The molecule has 0 spiro atoms. The van der Waals surface area contributed by atoms with Gasteiger partial charge in [0.05, 0.1) is 13.0 Å². The van der Waals surface area contributed by atoms with Crippen LogP contribution in [0.5, 0.6) is 5.75 Å². The smallest absolute Gasteiger partial charge is 0.224 e. The van der Waals surface area contributed by atoms with Crippen molar-refractivity contribution in [3.05, 3.63) is 29.8 Å². The molecule has 1 aromatic carbocycles. The highest BCUT2D eigenvalue weighted by molar-refractivity contribution is 5.78. The zero-order valence-corrected chi connectivity index (χ0v) is 11.8. The number of benzene rings is 1. The number of hydrogen-bond acceptors (Lipinski definition) is 3. The normalized spacial score (nSPS) is 10.2. The SMILES string of the molecule is CCOc1ccc(CC(=O)NCCCCOC)cc1. The molecule has 1 rings (SSSR count). The largest absolute Gasteiger partial charge is 0.494 e. The van der Waals surface area contributed by atoms with Crippen LogP contribution in [0.1, 0.15) is 25.3 Å². The fourth-order valence-electron chi connectivity index (χ4n) is 1.72. The minimum Gasteiger partial charge on any atom is -0.494 e. The van der Waals surface area contributed by atoms with Gasteiger partial charge in [0.2, 0.25) is 5.91 Å². The quantitative estimate of drug-likeness (QED) is 0.696. The van der Waals surface area contributed by atoms with Gasteiger partial charge in [-0.3, -0.25) is 4.79 Å². The molecule has 0 bridgehead atoms. The van der Waals surface area contributed by atoms with Gasteiger partial charge in [0.25, 0.3) is 0 Å². The van der Waals surface area contributed by atoms with Crippen LogP contribution in [-0.2, 0) is 16.0 Å². The van der Waals surface area contributed by atoms with Crippen molar-refractivity contribution in [3.8, 4) is 5.75 Å². The van der Waals surface area contributed by atoms with Gasteiger partial charge in [0.15, 0.2) is 0 Å². The maximum Gasteiger partial charge on any atom is 0.224 e. The average molecular weight is 265 g/mol. The van der Waals surface area contributed by atoms with Crippen LogP contribution in [0.25, 0.3) is 0 Å². The first kappa shape index (κ1) is 15.5.